The van der Waals surface area contributed by atoms with Crippen LogP contribution in [0.1, 0.15) is 12.5 Å². The Kier molecular flexibility index (Phi) is 5.68. The second-order valence-electron chi connectivity index (χ2n) is 7.20. The maximum atomic E-state index is 9.47. The maximum absolute atomic E-state index is 9.47. The van der Waals surface area contributed by atoms with Crippen molar-refractivity contribution in [3.8, 4) is 0 Å². The summed E-state index contributed by atoms with van der Waals surface area (Å²) >= 11 is 0. The minimum absolute atomic E-state index is 0. The zero-order valence-corrected chi connectivity index (χ0v) is 16.1. The molecule has 140 valence electrons. The van der Waals surface area contributed by atoms with Crippen molar-refractivity contribution in [2.75, 3.05) is 13.2 Å². The summed E-state index contributed by atoms with van der Waals surface area (Å²) in [5.41, 5.74) is 0.450. The molecule has 4 aromatic carbocycles. The van der Waals surface area contributed by atoms with Gasteiger partial charge in [0.2, 0.25) is 0 Å². The lowest BCUT2D eigenvalue weighted by molar-refractivity contribution is 0.103. The fraction of sp³-hybridized carbons (Fsp3) is 0.217. The molecule has 0 saturated heterocycles. The Bertz CT molecular complexity index is 1050. The molecule has 4 rings (SSSR count). The van der Waals surface area contributed by atoms with Crippen LogP contribution in [0.4, 0.5) is 0 Å². The number of benzene rings is 4. The fourth-order valence-electron chi connectivity index (χ4n) is 3.54. The van der Waals surface area contributed by atoms with Gasteiger partial charge < -0.3 is 15.5 Å². The highest BCUT2D eigenvalue weighted by atomic mass is 35.5. The van der Waals surface area contributed by atoms with Gasteiger partial charge in [0.1, 0.15) is 0 Å². The van der Waals surface area contributed by atoms with E-state index in [9.17, 15) is 10.2 Å². The van der Waals surface area contributed by atoms with E-state index in [1.165, 1.54) is 32.3 Å². The van der Waals surface area contributed by atoms with Gasteiger partial charge in [0.25, 0.3) is 0 Å². The molecule has 0 heterocycles. The van der Waals surface area contributed by atoms with Gasteiger partial charge in [-0.2, -0.15) is 0 Å². The molecule has 0 bridgehead atoms. The van der Waals surface area contributed by atoms with Crippen LogP contribution in [-0.4, -0.2) is 29.0 Å². The SMILES string of the molecule is CC(CO)(CO)NCc1ccc2c3ccccc3c3ccccc3c2c1.Cl. The molecule has 0 aliphatic carbocycles. The van der Waals surface area contributed by atoms with E-state index in [-0.39, 0.29) is 25.6 Å². The van der Waals surface area contributed by atoms with E-state index in [0.717, 1.165) is 5.56 Å². The van der Waals surface area contributed by atoms with Crippen LogP contribution in [0.3, 0.4) is 0 Å². The molecular weight excluding hydrogens is 358 g/mol. The molecule has 0 fully saturated rings. The molecule has 4 aromatic rings. The van der Waals surface area contributed by atoms with Gasteiger partial charge >= 0.3 is 0 Å². The summed E-state index contributed by atoms with van der Waals surface area (Å²) in [6, 6.07) is 23.6. The quantitative estimate of drug-likeness (QED) is 0.449. The number of halogens is 1. The summed E-state index contributed by atoms with van der Waals surface area (Å²) in [5, 5.41) is 29.7. The summed E-state index contributed by atoms with van der Waals surface area (Å²) in [6.45, 7) is 2.20. The third kappa shape index (κ3) is 3.52. The van der Waals surface area contributed by atoms with Crippen LogP contribution in [0.2, 0.25) is 0 Å². The summed E-state index contributed by atoms with van der Waals surface area (Å²) in [5.74, 6) is 0. The monoisotopic (exact) mass is 381 g/mol. The van der Waals surface area contributed by atoms with E-state index < -0.39 is 5.54 Å². The van der Waals surface area contributed by atoms with E-state index in [1.807, 2.05) is 6.92 Å². The molecule has 0 saturated carbocycles. The first-order chi connectivity index (χ1) is 12.6. The van der Waals surface area contributed by atoms with Gasteiger partial charge in [0.15, 0.2) is 0 Å². The molecule has 0 atom stereocenters. The zero-order chi connectivity index (χ0) is 18.1. The second kappa shape index (κ2) is 7.83. The van der Waals surface area contributed by atoms with Crippen LogP contribution in [0, 0.1) is 0 Å². The van der Waals surface area contributed by atoms with Gasteiger partial charge in [-0.15, -0.1) is 12.4 Å². The largest absolute Gasteiger partial charge is 0.394 e. The van der Waals surface area contributed by atoms with Crippen LogP contribution < -0.4 is 5.32 Å². The third-order valence-corrected chi connectivity index (χ3v) is 5.23. The van der Waals surface area contributed by atoms with Crippen molar-refractivity contribution in [3.63, 3.8) is 0 Å². The van der Waals surface area contributed by atoms with Crippen molar-refractivity contribution in [3.05, 3.63) is 72.3 Å². The van der Waals surface area contributed by atoms with Crippen LogP contribution in [0.25, 0.3) is 32.3 Å². The first-order valence-corrected chi connectivity index (χ1v) is 8.94. The molecule has 0 amide bonds. The van der Waals surface area contributed by atoms with Gasteiger partial charge in [-0.3, -0.25) is 0 Å². The molecule has 3 N–H and O–H groups in total. The van der Waals surface area contributed by atoms with Crippen LogP contribution in [0.15, 0.2) is 66.7 Å². The number of hydrogen-bond donors (Lipinski definition) is 3. The maximum Gasteiger partial charge on any atom is 0.0633 e. The zero-order valence-electron chi connectivity index (χ0n) is 15.3. The lowest BCUT2D eigenvalue weighted by Crippen LogP contribution is -2.48. The van der Waals surface area contributed by atoms with E-state index in [2.05, 4.69) is 72.0 Å². The van der Waals surface area contributed by atoms with Crippen LogP contribution in [-0.2, 0) is 6.54 Å². The lowest BCUT2D eigenvalue weighted by Gasteiger charge is -2.26. The smallest absolute Gasteiger partial charge is 0.0633 e. The molecule has 0 aliphatic heterocycles. The van der Waals surface area contributed by atoms with E-state index >= 15 is 0 Å². The van der Waals surface area contributed by atoms with Gasteiger partial charge in [0.05, 0.1) is 18.8 Å². The minimum atomic E-state index is -0.680. The van der Waals surface area contributed by atoms with Gasteiger partial charge in [-0.1, -0.05) is 60.7 Å². The molecule has 27 heavy (non-hydrogen) atoms. The highest BCUT2D eigenvalue weighted by molar-refractivity contribution is 6.25. The molecular formula is C23H24ClNO2. The number of hydrogen-bond acceptors (Lipinski definition) is 3. The van der Waals surface area contributed by atoms with E-state index in [0.29, 0.717) is 6.54 Å². The molecule has 0 aromatic heterocycles. The average molecular weight is 382 g/mol. The molecule has 0 spiro atoms. The Morgan fingerprint density at radius 2 is 1.15 bits per heavy atom. The average Bonchev–Trinajstić information content (AvgIpc) is 2.72. The van der Waals surface area contributed by atoms with Crippen molar-refractivity contribution in [1.82, 2.24) is 5.32 Å². The molecule has 3 nitrogen and oxygen atoms in total. The first-order valence-electron chi connectivity index (χ1n) is 8.94. The number of nitrogens with one attached hydrogen (secondary N) is 1. The topological polar surface area (TPSA) is 52.5 Å². The standard InChI is InChI=1S/C23H23NO2.ClH/c1-23(14-25,15-26)24-13-16-10-11-21-19-8-3-2-6-17(19)18-7-4-5-9-20(18)22(21)12-16;/h2-12,24-26H,13-15H2,1H3;1H. The normalized spacial score (nSPS) is 11.8. The van der Waals surface area contributed by atoms with Gasteiger partial charge in [-0.25, -0.2) is 0 Å². The minimum Gasteiger partial charge on any atom is -0.394 e. The Morgan fingerprint density at radius 1 is 0.704 bits per heavy atom. The first kappa shape index (κ1) is 19.6. The molecule has 0 unspecified atom stereocenters. The van der Waals surface area contributed by atoms with Crippen molar-refractivity contribution in [2.45, 2.75) is 19.0 Å². The number of aliphatic hydroxyl groups excluding tert-OH is 2. The van der Waals surface area contributed by atoms with E-state index in [4.69, 9.17) is 0 Å². The van der Waals surface area contributed by atoms with Crippen molar-refractivity contribution >= 4 is 44.7 Å². The Balaban J connectivity index is 0.00000210. The summed E-state index contributed by atoms with van der Waals surface area (Å²) < 4.78 is 0. The Morgan fingerprint density at radius 3 is 1.63 bits per heavy atom. The van der Waals surface area contributed by atoms with Crippen molar-refractivity contribution < 1.29 is 10.2 Å². The predicted octanol–water partition coefficient (Wildman–Crippen LogP) is 4.40. The number of aliphatic hydroxyl groups is 2. The molecule has 0 aliphatic rings. The summed E-state index contributed by atoms with van der Waals surface area (Å²) in [6.07, 6.45) is 0. The Labute approximate surface area is 165 Å². The van der Waals surface area contributed by atoms with Crippen molar-refractivity contribution in [2.24, 2.45) is 0 Å². The summed E-state index contributed by atoms with van der Waals surface area (Å²) in [4.78, 5) is 0. The lowest BCUT2D eigenvalue weighted by atomic mass is 9.93. The second-order valence-corrected chi connectivity index (χ2v) is 7.20. The third-order valence-electron chi connectivity index (χ3n) is 5.23. The summed E-state index contributed by atoms with van der Waals surface area (Å²) in [7, 11) is 0. The molecule has 4 heteroatoms. The Hall–Kier alpha value is -2.17. The molecule has 0 radical (unpaired) electrons. The highest BCUT2D eigenvalue weighted by Crippen LogP contribution is 2.35. The fourth-order valence-corrected chi connectivity index (χ4v) is 3.54. The number of rotatable bonds is 5. The van der Waals surface area contributed by atoms with E-state index in [1.54, 1.807) is 0 Å². The van der Waals surface area contributed by atoms with Gasteiger partial charge in [-0.05, 0) is 50.9 Å². The van der Waals surface area contributed by atoms with Crippen LogP contribution in [0.5, 0.6) is 0 Å². The predicted molar refractivity (Wildman–Crippen MR) is 116 cm³/mol. The van der Waals surface area contributed by atoms with Crippen LogP contribution >= 0.6 is 12.4 Å². The van der Waals surface area contributed by atoms with Crippen molar-refractivity contribution in [1.29, 1.82) is 0 Å². The van der Waals surface area contributed by atoms with Gasteiger partial charge in [0, 0.05) is 6.54 Å². The highest BCUT2D eigenvalue weighted by Gasteiger charge is 2.21. The number of fused-ring (bicyclic) bond motifs is 6.